The van der Waals surface area contributed by atoms with Gasteiger partial charge in [-0.1, -0.05) is 22.0 Å². The summed E-state index contributed by atoms with van der Waals surface area (Å²) in [5.41, 5.74) is 6.39. The number of nitrogens with zero attached hydrogens (tertiary/aromatic N) is 3. The third-order valence-electron chi connectivity index (χ3n) is 3.33. The molecule has 0 fully saturated rings. The van der Waals surface area contributed by atoms with Crippen LogP contribution in [-0.4, -0.2) is 14.5 Å². The summed E-state index contributed by atoms with van der Waals surface area (Å²) in [6.45, 7) is 0.825. The smallest absolute Gasteiger partial charge is 0.0961 e. The molecule has 0 spiro atoms. The van der Waals surface area contributed by atoms with Gasteiger partial charge in [-0.25, -0.2) is 9.97 Å². The van der Waals surface area contributed by atoms with Gasteiger partial charge in [0.05, 0.1) is 33.1 Å². The summed E-state index contributed by atoms with van der Waals surface area (Å²) in [5.74, 6) is 0. The molecule has 0 atom stereocenters. The first kappa shape index (κ1) is 12.1. The van der Waals surface area contributed by atoms with Crippen molar-refractivity contribution in [2.24, 2.45) is 0 Å². The van der Waals surface area contributed by atoms with Crippen molar-refractivity contribution in [2.75, 3.05) is 0 Å². The number of imidazole rings is 1. The third kappa shape index (κ3) is 2.03. The molecule has 3 nitrogen and oxygen atoms in total. The summed E-state index contributed by atoms with van der Waals surface area (Å²) in [6.07, 6.45) is 1.90. The second-order valence-corrected chi connectivity index (χ2v) is 6.46. The number of halogens is 1. The molecule has 20 heavy (non-hydrogen) atoms. The minimum atomic E-state index is 0.825. The molecule has 0 N–H and O–H groups in total. The van der Waals surface area contributed by atoms with Gasteiger partial charge in [-0.2, -0.15) is 0 Å². The topological polar surface area (TPSA) is 30.7 Å². The Balaban J connectivity index is 1.76. The average Bonchev–Trinajstić information content (AvgIpc) is 3.05. The standard InChI is InChI=1S/C15H10BrN3S/c16-11-2-4-14-13(6-11)17-8-19(14)7-10-1-3-12-15(5-10)20-9-18-12/h1-6,8-9H,7H2. The lowest BCUT2D eigenvalue weighted by Crippen LogP contribution is -1.97. The number of fused-ring (bicyclic) bond motifs is 2. The molecule has 0 radical (unpaired) electrons. The third-order valence-corrected chi connectivity index (χ3v) is 4.62. The molecule has 0 saturated carbocycles. The fraction of sp³-hybridized carbons (Fsp3) is 0.0667. The Morgan fingerprint density at radius 2 is 2.00 bits per heavy atom. The first-order valence-corrected chi connectivity index (χ1v) is 7.89. The molecule has 2 aromatic heterocycles. The Hall–Kier alpha value is -1.72. The predicted molar refractivity (Wildman–Crippen MR) is 86.2 cm³/mol. The van der Waals surface area contributed by atoms with E-state index >= 15 is 0 Å². The van der Waals surface area contributed by atoms with Crippen LogP contribution in [-0.2, 0) is 6.54 Å². The summed E-state index contributed by atoms with van der Waals surface area (Å²) in [7, 11) is 0. The van der Waals surface area contributed by atoms with Crippen molar-refractivity contribution < 1.29 is 0 Å². The minimum Gasteiger partial charge on any atom is -0.326 e. The van der Waals surface area contributed by atoms with E-state index < -0.39 is 0 Å². The molecule has 0 saturated heterocycles. The van der Waals surface area contributed by atoms with Crippen molar-refractivity contribution in [3.63, 3.8) is 0 Å². The van der Waals surface area contributed by atoms with Gasteiger partial charge in [0.1, 0.15) is 0 Å². The monoisotopic (exact) mass is 343 g/mol. The fourth-order valence-corrected chi connectivity index (χ4v) is 3.45. The predicted octanol–water partition coefficient (Wildman–Crippen LogP) is 4.46. The van der Waals surface area contributed by atoms with Gasteiger partial charge >= 0.3 is 0 Å². The Morgan fingerprint density at radius 3 is 2.95 bits per heavy atom. The van der Waals surface area contributed by atoms with Crippen LogP contribution in [0.1, 0.15) is 5.56 Å². The van der Waals surface area contributed by atoms with Gasteiger partial charge in [-0.05, 0) is 35.9 Å². The van der Waals surface area contributed by atoms with Crippen molar-refractivity contribution in [2.45, 2.75) is 6.54 Å². The molecule has 98 valence electrons. The summed E-state index contributed by atoms with van der Waals surface area (Å²) in [6, 6.07) is 12.6. The van der Waals surface area contributed by atoms with Gasteiger partial charge in [0.15, 0.2) is 0 Å². The highest BCUT2D eigenvalue weighted by atomic mass is 79.9. The average molecular weight is 344 g/mol. The maximum atomic E-state index is 4.45. The van der Waals surface area contributed by atoms with E-state index in [4.69, 9.17) is 0 Å². The summed E-state index contributed by atoms with van der Waals surface area (Å²) in [4.78, 5) is 8.76. The Kier molecular flexibility index (Phi) is 2.82. The van der Waals surface area contributed by atoms with E-state index in [9.17, 15) is 0 Å². The lowest BCUT2D eigenvalue weighted by atomic mass is 10.2. The van der Waals surface area contributed by atoms with E-state index in [0.29, 0.717) is 0 Å². The fourth-order valence-electron chi connectivity index (χ4n) is 2.36. The van der Waals surface area contributed by atoms with E-state index in [1.807, 2.05) is 24.0 Å². The highest BCUT2D eigenvalue weighted by molar-refractivity contribution is 9.10. The number of aromatic nitrogens is 3. The number of hydrogen-bond acceptors (Lipinski definition) is 3. The molecule has 0 amide bonds. The van der Waals surface area contributed by atoms with Crippen LogP contribution >= 0.6 is 27.3 Å². The van der Waals surface area contributed by atoms with E-state index in [1.54, 1.807) is 11.3 Å². The Labute approximate surface area is 128 Å². The van der Waals surface area contributed by atoms with Gasteiger partial charge in [-0.15, -0.1) is 11.3 Å². The molecule has 0 aliphatic rings. The number of benzene rings is 2. The summed E-state index contributed by atoms with van der Waals surface area (Å²) < 4.78 is 4.46. The SMILES string of the molecule is Brc1ccc2c(c1)ncn2Cc1ccc2ncsc2c1. The number of thiazole rings is 1. The van der Waals surface area contributed by atoms with Gasteiger partial charge in [0.2, 0.25) is 0 Å². The van der Waals surface area contributed by atoms with Crippen LogP contribution in [0.15, 0.2) is 52.7 Å². The van der Waals surface area contributed by atoms with Crippen molar-refractivity contribution in [3.05, 3.63) is 58.3 Å². The van der Waals surface area contributed by atoms with Crippen molar-refractivity contribution in [3.8, 4) is 0 Å². The molecule has 4 aromatic rings. The number of hydrogen-bond donors (Lipinski definition) is 0. The molecular weight excluding hydrogens is 334 g/mol. The van der Waals surface area contributed by atoms with E-state index in [2.05, 4.69) is 54.7 Å². The first-order valence-electron chi connectivity index (χ1n) is 6.22. The van der Waals surface area contributed by atoms with Crippen LogP contribution in [0.4, 0.5) is 0 Å². The van der Waals surface area contributed by atoms with Gasteiger partial charge in [0.25, 0.3) is 0 Å². The zero-order valence-corrected chi connectivity index (χ0v) is 12.9. The Bertz CT molecular complexity index is 910. The number of rotatable bonds is 2. The molecule has 0 unspecified atom stereocenters. The van der Waals surface area contributed by atoms with Crippen LogP contribution in [0.2, 0.25) is 0 Å². The van der Waals surface area contributed by atoms with E-state index in [-0.39, 0.29) is 0 Å². The first-order chi connectivity index (χ1) is 9.79. The lowest BCUT2D eigenvalue weighted by Gasteiger charge is -2.04. The van der Waals surface area contributed by atoms with Crippen molar-refractivity contribution >= 4 is 48.5 Å². The quantitative estimate of drug-likeness (QED) is 0.538. The maximum Gasteiger partial charge on any atom is 0.0961 e. The minimum absolute atomic E-state index is 0.825. The van der Waals surface area contributed by atoms with Gasteiger partial charge in [0, 0.05) is 11.0 Å². The maximum absolute atomic E-state index is 4.45. The van der Waals surface area contributed by atoms with Crippen LogP contribution in [0, 0.1) is 0 Å². The van der Waals surface area contributed by atoms with Crippen molar-refractivity contribution in [1.82, 2.24) is 14.5 Å². The summed E-state index contributed by atoms with van der Waals surface area (Å²) in [5, 5.41) is 0. The zero-order chi connectivity index (χ0) is 13.5. The van der Waals surface area contributed by atoms with Crippen molar-refractivity contribution in [1.29, 1.82) is 0 Å². The molecule has 4 rings (SSSR count). The highest BCUT2D eigenvalue weighted by Crippen LogP contribution is 2.22. The molecule has 2 aromatic carbocycles. The van der Waals surface area contributed by atoms with Gasteiger partial charge in [-0.3, -0.25) is 0 Å². The van der Waals surface area contributed by atoms with Crippen LogP contribution in [0.3, 0.4) is 0 Å². The molecule has 2 heterocycles. The molecule has 0 aliphatic heterocycles. The highest BCUT2D eigenvalue weighted by Gasteiger charge is 2.05. The van der Waals surface area contributed by atoms with Crippen LogP contribution < -0.4 is 0 Å². The molecule has 0 bridgehead atoms. The molecule has 5 heteroatoms. The molecular formula is C15H10BrN3S. The molecule has 0 aliphatic carbocycles. The van der Waals surface area contributed by atoms with Crippen LogP contribution in [0.5, 0.6) is 0 Å². The second kappa shape index (κ2) is 4.68. The normalized spacial score (nSPS) is 11.4. The van der Waals surface area contributed by atoms with Crippen LogP contribution in [0.25, 0.3) is 21.3 Å². The van der Waals surface area contributed by atoms with E-state index in [1.165, 1.54) is 10.3 Å². The van der Waals surface area contributed by atoms with E-state index in [0.717, 1.165) is 27.6 Å². The van der Waals surface area contributed by atoms with Gasteiger partial charge < -0.3 is 4.57 Å². The largest absolute Gasteiger partial charge is 0.326 e. The Morgan fingerprint density at radius 1 is 1.05 bits per heavy atom. The zero-order valence-electron chi connectivity index (χ0n) is 10.5. The lowest BCUT2D eigenvalue weighted by molar-refractivity contribution is 0.826. The summed E-state index contributed by atoms with van der Waals surface area (Å²) >= 11 is 5.15. The second-order valence-electron chi connectivity index (χ2n) is 4.66.